The second kappa shape index (κ2) is 7.05. The summed E-state index contributed by atoms with van der Waals surface area (Å²) in [5, 5.41) is 8.51. The van der Waals surface area contributed by atoms with Crippen LogP contribution >= 0.6 is 27.5 Å². The summed E-state index contributed by atoms with van der Waals surface area (Å²) in [5.41, 5.74) is 4.94. The molecule has 2 aromatic carbocycles. The molecule has 1 saturated carbocycles. The molecule has 142 valence electrons. The van der Waals surface area contributed by atoms with Crippen molar-refractivity contribution in [3.63, 3.8) is 0 Å². The molecule has 2 aliphatic rings. The van der Waals surface area contributed by atoms with E-state index in [0.29, 0.717) is 29.1 Å². The summed E-state index contributed by atoms with van der Waals surface area (Å²) < 4.78 is 2.95. The molecule has 1 N–H and O–H groups in total. The van der Waals surface area contributed by atoms with Gasteiger partial charge in [0.2, 0.25) is 0 Å². The Kier molecular flexibility index (Phi) is 4.52. The molecule has 6 heteroatoms. The van der Waals surface area contributed by atoms with Crippen LogP contribution in [0.4, 0.5) is 0 Å². The third-order valence-electron chi connectivity index (χ3n) is 5.87. The molecule has 28 heavy (non-hydrogen) atoms. The number of nitrogens with zero attached hydrogens (tertiary/aromatic N) is 2. The fraction of sp³-hybridized carbons (Fsp3) is 0.273. The van der Waals surface area contributed by atoms with Gasteiger partial charge in [-0.3, -0.25) is 4.79 Å². The van der Waals surface area contributed by atoms with Crippen molar-refractivity contribution in [3.05, 3.63) is 80.5 Å². The number of fused-ring (bicyclic) bond motifs is 5. The van der Waals surface area contributed by atoms with Gasteiger partial charge >= 0.3 is 0 Å². The third kappa shape index (κ3) is 2.97. The Hall–Kier alpha value is -2.11. The summed E-state index contributed by atoms with van der Waals surface area (Å²) in [6.45, 7) is 0.469. The first-order valence-corrected chi connectivity index (χ1v) is 10.7. The van der Waals surface area contributed by atoms with Gasteiger partial charge in [0.05, 0.1) is 11.4 Å². The number of amides is 1. The van der Waals surface area contributed by atoms with Crippen molar-refractivity contribution < 1.29 is 4.79 Å². The highest BCUT2D eigenvalue weighted by atomic mass is 79.9. The van der Waals surface area contributed by atoms with E-state index in [1.54, 1.807) is 0 Å². The molecule has 2 atom stereocenters. The average molecular weight is 457 g/mol. The Labute approximate surface area is 177 Å². The standard InChI is InChI=1S/C22H19BrClN3O/c23-18-4-2-1-3-15(18)12-25-22(28)20-19-13-5-6-14(11-13)21(19)27(26-20)17-9-7-16(24)8-10-17/h1-4,7-10,13-14H,5-6,11-12H2,(H,25,28). The van der Waals surface area contributed by atoms with Crippen LogP contribution < -0.4 is 5.32 Å². The largest absolute Gasteiger partial charge is 0.347 e. The van der Waals surface area contributed by atoms with Gasteiger partial charge in [0.25, 0.3) is 5.91 Å². The molecule has 1 aromatic heterocycles. The molecular weight excluding hydrogens is 438 g/mol. The minimum Gasteiger partial charge on any atom is -0.347 e. The van der Waals surface area contributed by atoms with Crippen molar-refractivity contribution in [2.75, 3.05) is 0 Å². The Bertz CT molecular complexity index is 1060. The number of benzene rings is 2. The maximum absolute atomic E-state index is 13.0. The van der Waals surface area contributed by atoms with E-state index < -0.39 is 0 Å². The number of hydrogen-bond acceptors (Lipinski definition) is 2. The second-order valence-corrected chi connectivity index (χ2v) is 8.81. The summed E-state index contributed by atoms with van der Waals surface area (Å²) in [4.78, 5) is 13.0. The summed E-state index contributed by atoms with van der Waals surface area (Å²) in [6, 6.07) is 15.6. The van der Waals surface area contributed by atoms with Crippen LogP contribution in [-0.4, -0.2) is 15.7 Å². The first-order chi connectivity index (χ1) is 13.6. The lowest BCUT2D eigenvalue weighted by atomic mass is 9.95. The number of aromatic nitrogens is 2. The maximum Gasteiger partial charge on any atom is 0.272 e. The van der Waals surface area contributed by atoms with Gasteiger partial charge in [-0.05, 0) is 61.1 Å². The predicted molar refractivity (Wildman–Crippen MR) is 113 cm³/mol. The van der Waals surface area contributed by atoms with Crippen LogP contribution in [0.25, 0.3) is 5.69 Å². The summed E-state index contributed by atoms with van der Waals surface area (Å²) >= 11 is 9.59. The Morgan fingerprint density at radius 1 is 1.14 bits per heavy atom. The van der Waals surface area contributed by atoms with E-state index in [-0.39, 0.29) is 5.91 Å². The van der Waals surface area contributed by atoms with Crippen LogP contribution in [0.1, 0.15) is 58.4 Å². The van der Waals surface area contributed by atoms with E-state index in [1.807, 2.05) is 53.2 Å². The van der Waals surface area contributed by atoms with Gasteiger partial charge in [-0.15, -0.1) is 0 Å². The zero-order valence-corrected chi connectivity index (χ0v) is 17.5. The lowest BCUT2D eigenvalue weighted by Crippen LogP contribution is -2.25. The van der Waals surface area contributed by atoms with Crippen LogP contribution in [-0.2, 0) is 6.54 Å². The SMILES string of the molecule is O=C(NCc1ccccc1Br)c1nn(-c2ccc(Cl)cc2)c2c1C1CCC2C1. The number of nitrogens with one attached hydrogen (secondary N) is 1. The van der Waals surface area contributed by atoms with E-state index >= 15 is 0 Å². The summed E-state index contributed by atoms with van der Waals surface area (Å²) in [5.74, 6) is 0.838. The minimum absolute atomic E-state index is 0.104. The highest BCUT2D eigenvalue weighted by Crippen LogP contribution is 2.54. The van der Waals surface area contributed by atoms with E-state index in [1.165, 1.54) is 12.1 Å². The van der Waals surface area contributed by atoms with Crippen molar-refractivity contribution in [3.8, 4) is 5.69 Å². The molecule has 2 aliphatic carbocycles. The molecule has 0 aliphatic heterocycles. The molecular formula is C22H19BrClN3O. The lowest BCUT2D eigenvalue weighted by Gasteiger charge is -2.14. The van der Waals surface area contributed by atoms with E-state index in [9.17, 15) is 4.79 Å². The number of carbonyl (C=O) groups excluding carboxylic acids is 1. The molecule has 1 amide bonds. The van der Waals surface area contributed by atoms with E-state index in [4.69, 9.17) is 16.7 Å². The van der Waals surface area contributed by atoms with Crippen LogP contribution in [0, 0.1) is 0 Å². The first kappa shape index (κ1) is 18.0. The van der Waals surface area contributed by atoms with Gasteiger partial charge in [0, 0.05) is 27.5 Å². The van der Waals surface area contributed by atoms with Crippen molar-refractivity contribution in [2.45, 2.75) is 37.6 Å². The second-order valence-electron chi connectivity index (χ2n) is 7.52. The predicted octanol–water partition coefficient (Wildman–Crippen LogP) is 5.58. The van der Waals surface area contributed by atoms with Crippen LogP contribution in [0.3, 0.4) is 0 Å². The zero-order chi connectivity index (χ0) is 19.3. The van der Waals surface area contributed by atoms with Gasteiger partial charge < -0.3 is 5.32 Å². The molecule has 0 saturated heterocycles. The molecule has 2 unspecified atom stereocenters. The van der Waals surface area contributed by atoms with E-state index in [2.05, 4.69) is 21.2 Å². The molecule has 4 nitrogen and oxygen atoms in total. The molecule has 2 bridgehead atoms. The Morgan fingerprint density at radius 3 is 2.68 bits per heavy atom. The maximum atomic E-state index is 13.0. The van der Waals surface area contributed by atoms with Gasteiger partial charge in [0.15, 0.2) is 5.69 Å². The molecule has 0 radical (unpaired) electrons. The highest BCUT2D eigenvalue weighted by Gasteiger charge is 2.44. The molecule has 1 fully saturated rings. The quantitative estimate of drug-likeness (QED) is 0.557. The van der Waals surface area contributed by atoms with Crippen LogP contribution in [0.15, 0.2) is 53.0 Å². The molecule has 1 heterocycles. The van der Waals surface area contributed by atoms with E-state index in [0.717, 1.165) is 34.1 Å². The van der Waals surface area contributed by atoms with Gasteiger partial charge in [-0.2, -0.15) is 5.10 Å². The topological polar surface area (TPSA) is 46.9 Å². The molecule has 0 spiro atoms. The van der Waals surface area contributed by atoms with Gasteiger partial charge in [-0.25, -0.2) is 4.68 Å². The fourth-order valence-electron chi connectivity index (χ4n) is 4.58. The minimum atomic E-state index is -0.104. The van der Waals surface area contributed by atoms with Crippen LogP contribution in [0.2, 0.25) is 5.02 Å². The monoisotopic (exact) mass is 455 g/mol. The lowest BCUT2D eigenvalue weighted by molar-refractivity contribution is 0.0944. The third-order valence-corrected chi connectivity index (χ3v) is 6.90. The highest BCUT2D eigenvalue weighted by molar-refractivity contribution is 9.10. The smallest absolute Gasteiger partial charge is 0.272 e. The Morgan fingerprint density at radius 2 is 1.89 bits per heavy atom. The molecule has 3 aromatic rings. The molecule has 5 rings (SSSR count). The first-order valence-electron chi connectivity index (χ1n) is 9.52. The Balaban J connectivity index is 1.49. The van der Waals surface area contributed by atoms with Crippen molar-refractivity contribution in [1.82, 2.24) is 15.1 Å². The van der Waals surface area contributed by atoms with Crippen LogP contribution in [0.5, 0.6) is 0 Å². The number of hydrogen-bond donors (Lipinski definition) is 1. The van der Waals surface area contributed by atoms with Gasteiger partial charge in [-0.1, -0.05) is 45.7 Å². The van der Waals surface area contributed by atoms with Crippen molar-refractivity contribution in [1.29, 1.82) is 0 Å². The summed E-state index contributed by atoms with van der Waals surface area (Å²) in [6.07, 6.45) is 3.45. The fourth-order valence-corrected chi connectivity index (χ4v) is 5.13. The summed E-state index contributed by atoms with van der Waals surface area (Å²) in [7, 11) is 0. The average Bonchev–Trinajstić information content (AvgIpc) is 3.40. The zero-order valence-electron chi connectivity index (χ0n) is 15.2. The van der Waals surface area contributed by atoms with Crippen molar-refractivity contribution in [2.24, 2.45) is 0 Å². The normalized spacial score (nSPS) is 19.6. The van der Waals surface area contributed by atoms with Gasteiger partial charge in [0.1, 0.15) is 0 Å². The number of rotatable bonds is 4. The van der Waals surface area contributed by atoms with Crippen molar-refractivity contribution >= 4 is 33.4 Å². The number of halogens is 2. The number of carbonyl (C=O) groups is 1.